The minimum absolute atomic E-state index is 0.0454. The third kappa shape index (κ3) is 2.93. The van der Waals surface area contributed by atoms with Gasteiger partial charge in [0.05, 0.1) is 21.9 Å². The maximum absolute atomic E-state index is 13.9. The van der Waals surface area contributed by atoms with Crippen molar-refractivity contribution < 1.29 is 13.9 Å². The summed E-state index contributed by atoms with van der Waals surface area (Å²) in [5, 5.41) is 4.74. The number of halogens is 2. The molecule has 0 aliphatic carbocycles. The third-order valence-corrected chi connectivity index (χ3v) is 4.87. The summed E-state index contributed by atoms with van der Waals surface area (Å²) in [6.07, 6.45) is 1.62. The third-order valence-electron chi connectivity index (χ3n) is 4.56. The van der Waals surface area contributed by atoms with E-state index in [2.05, 4.69) is 4.98 Å². The topological polar surface area (TPSA) is 83.0 Å². The minimum atomic E-state index is -0.602. The number of pyridine rings is 1. The van der Waals surface area contributed by atoms with Gasteiger partial charge in [-0.2, -0.15) is 5.10 Å². The van der Waals surface area contributed by atoms with Crippen molar-refractivity contribution in [3.63, 3.8) is 0 Å². The van der Waals surface area contributed by atoms with Crippen LogP contribution in [0, 0.1) is 5.82 Å². The summed E-state index contributed by atoms with van der Waals surface area (Å²) in [5.74, 6) is -0.975. The van der Waals surface area contributed by atoms with Gasteiger partial charge in [-0.1, -0.05) is 11.6 Å². The molecule has 134 valence electrons. The summed E-state index contributed by atoms with van der Waals surface area (Å²) in [7, 11) is 0. The monoisotopic (exact) mass is 374 g/mol. The second-order valence-electron chi connectivity index (χ2n) is 6.21. The standard InChI is InChI=1S/C18H16ClFN4O2/c19-12-2-1-11(9-13(12)20)24-15-4-3-14(18(21)25)22-17(15)16(23-24)10-5-7-26-8-6-10/h1-4,9-10H,5-8H2,(H2,21,25). The smallest absolute Gasteiger partial charge is 0.267 e. The summed E-state index contributed by atoms with van der Waals surface area (Å²) in [6, 6.07) is 7.77. The lowest BCUT2D eigenvalue weighted by atomic mass is 9.96. The Morgan fingerprint density at radius 3 is 2.73 bits per heavy atom. The fourth-order valence-corrected chi connectivity index (χ4v) is 3.33. The Hall–Kier alpha value is -2.51. The Bertz CT molecular complexity index is 998. The second kappa shape index (κ2) is 6.66. The molecule has 2 N–H and O–H groups in total. The molecule has 1 fully saturated rings. The van der Waals surface area contributed by atoms with Crippen LogP contribution in [0.1, 0.15) is 34.9 Å². The normalized spacial score (nSPS) is 15.5. The molecule has 6 nitrogen and oxygen atoms in total. The van der Waals surface area contributed by atoms with E-state index in [1.54, 1.807) is 22.9 Å². The van der Waals surface area contributed by atoms with Crippen molar-refractivity contribution in [2.24, 2.45) is 5.73 Å². The van der Waals surface area contributed by atoms with E-state index in [4.69, 9.17) is 27.2 Å². The Morgan fingerprint density at radius 1 is 1.27 bits per heavy atom. The number of fused-ring (bicyclic) bond motifs is 1. The van der Waals surface area contributed by atoms with Gasteiger partial charge in [0.1, 0.15) is 17.0 Å². The molecule has 8 heteroatoms. The summed E-state index contributed by atoms with van der Waals surface area (Å²) in [6.45, 7) is 1.29. The van der Waals surface area contributed by atoms with Gasteiger partial charge < -0.3 is 10.5 Å². The van der Waals surface area contributed by atoms with Gasteiger partial charge in [-0.05, 0) is 37.1 Å². The first-order valence-corrected chi connectivity index (χ1v) is 8.65. The molecular weight excluding hydrogens is 359 g/mol. The highest BCUT2D eigenvalue weighted by molar-refractivity contribution is 6.30. The Kier molecular flexibility index (Phi) is 4.34. The van der Waals surface area contributed by atoms with Crippen LogP contribution < -0.4 is 5.73 Å². The highest BCUT2D eigenvalue weighted by Crippen LogP contribution is 2.32. The molecule has 3 heterocycles. The quantitative estimate of drug-likeness (QED) is 0.763. The highest BCUT2D eigenvalue weighted by atomic mass is 35.5. The van der Waals surface area contributed by atoms with E-state index in [0.717, 1.165) is 18.5 Å². The van der Waals surface area contributed by atoms with Gasteiger partial charge in [-0.15, -0.1) is 0 Å². The fraction of sp³-hybridized carbons (Fsp3) is 0.278. The van der Waals surface area contributed by atoms with E-state index in [-0.39, 0.29) is 16.6 Å². The van der Waals surface area contributed by atoms with Crippen LogP contribution in [0.5, 0.6) is 0 Å². The number of hydrogen-bond acceptors (Lipinski definition) is 4. The molecule has 1 saturated heterocycles. The SMILES string of the molecule is NC(=O)c1ccc2c(n1)c(C1CCOCC1)nn2-c1ccc(Cl)c(F)c1. The zero-order chi connectivity index (χ0) is 18.3. The van der Waals surface area contributed by atoms with Crippen LogP contribution in [-0.2, 0) is 4.74 Å². The average molecular weight is 375 g/mol. The number of ether oxygens (including phenoxy) is 1. The molecule has 4 rings (SSSR count). The first-order chi connectivity index (χ1) is 12.5. The fourth-order valence-electron chi connectivity index (χ4n) is 3.22. The zero-order valence-electron chi connectivity index (χ0n) is 13.8. The predicted octanol–water partition coefficient (Wildman–Crippen LogP) is 3.21. The Balaban J connectivity index is 1.92. The number of hydrogen-bond donors (Lipinski definition) is 1. The van der Waals surface area contributed by atoms with E-state index in [1.807, 2.05) is 0 Å². The number of aromatic nitrogens is 3. The molecule has 2 aromatic heterocycles. The van der Waals surface area contributed by atoms with Gasteiger partial charge in [0.2, 0.25) is 0 Å². The van der Waals surface area contributed by atoms with Crippen LogP contribution in [-0.4, -0.2) is 33.9 Å². The maximum atomic E-state index is 13.9. The van der Waals surface area contributed by atoms with Crippen LogP contribution >= 0.6 is 11.6 Å². The van der Waals surface area contributed by atoms with Crippen molar-refractivity contribution in [2.75, 3.05) is 13.2 Å². The van der Waals surface area contributed by atoms with Gasteiger partial charge >= 0.3 is 0 Å². The number of amides is 1. The summed E-state index contributed by atoms with van der Waals surface area (Å²) < 4.78 is 21.0. The van der Waals surface area contributed by atoms with Gasteiger partial charge in [0.15, 0.2) is 0 Å². The van der Waals surface area contributed by atoms with Gasteiger partial charge in [-0.25, -0.2) is 14.1 Å². The minimum Gasteiger partial charge on any atom is -0.381 e. The number of benzene rings is 1. The molecule has 0 unspecified atom stereocenters. The Morgan fingerprint density at radius 2 is 2.04 bits per heavy atom. The van der Waals surface area contributed by atoms with Crippen molar-refractivity contribution in [3.8, 4) is 5.69 Å². The van der Waals surface area contributed by atoms with Crippen LogP contribution in [0.25, 0.3) is 16.7 Å². The number of nitrogens with two attached hydrogens (primary N) is 1. The van der Waals surface area contributed by atoms with E-state index in [0.29, 0.717) is 29.9 Å². The van der Waals surface area contributed by atoms with Crippen LogP contribution in [0.3, 0.4) is 0 Å². The van der Waals surface area contributed by atoms with Crippen LogP contribution in [0.2, 0.25) is 5.02 Å². The van der Waals surface area contributed by atoms with Crippen molar-refractivity contribution in [1.82, 2.24) is 14.8 Å². The number of primary amides is 1. The number of carbonyl (C=O) groups is 1. The van der Waals surface area contributed by atoms with Gasteiger partial charge in [-0.3, -0.25) is 4.79 Å². The van der Waals surface area contributed by atoms with Crippen molar-refractivity contribution in [3.05, 3.63) is 52.6 Å². The van der Waals surface area contributed by atoms with Gasteiger partial charge in [0, 0.05) is 25.2 Å². The molecule has 0 saturated carbocycles. The van der Waals surface area contributed by atoms with E-state index < -0.39 is 11.7 Å². The van der Waals surface area contributed by atoms with Crippen LogP contribution in [0.15, 0.2) is 30.3 Å². The molecule has 0 radical (unpaired) electrons. The first-order valence-electron chi connectivity index (χ1n) is 8.27. The second-order valence-corrected chi connectivity index (χ2v) is 6.62. The molecule has 3 aromatic rings. The van der Waals surface area contributed by atoms with E-state index in [1.165, 1.54) is 12.1 Å². The molecule has 1 aliphatic heterocycles. The Labute approximate surface area is 153 Å². The molecule has 0 spiro atoms. The predicted molar refractivity (Wildman–Crippen MR) is 95.1 cm³/mol. The maximum Gasteiger partial charge on any atom is 0.267 e. The van der Waals surface area contributed by atoms with E-state index >= 15 is 0 Å². The molecule has 0 bridgehead atoms. The van der Waals surface area contributed by atoms with Crippen molar-refractivity contribution in [2.45, 2.75) is 18.8 Å². The summed E-state index contributed by atoms with van der Waals surface area (Å²) in [5.41, 5.74) is 8.12. The van der Waals surface area contributed by atoms with E-state index in [9.17, 15) is 9.18 Å². The van der Waals surface area contributed by atoms with Crippen LogP contribution in [0.4, 0.5) is 4.39 Å². The van der Waals surface area contributed by atoms with Crippen molar-refractivity contribution >= 4 is 28.5 Å². The molecule has 26 heavy (non-hydrogen) atoms. The summed E-state index contributed by atoms with van der Waals surface area (Å²) >= 11 is 5.79. The van der Waals surface area contributed by atoms with Crippen molar-refractivity contribution in [1.29, 1.82) is 0 Å². The number of carbonyl (C=O) groups excluding carboxylic acids is 1. The molecule has 0 atom stereocenters. The average Bonchev–Trinajstić information content (AvgIpc) is 3.03. The lowest BCUT2D eigenvalue weighted by Crippen LogP contribution is -2.16. The lowest BCUT2D eigenvalue weighted by Gasteiger charge is -2.20. The lowest BCUT2D eigenvalue weighted by molar-refractivity contribution is 0.0846. The molecule has 1 aliphatic rings. The van der Waals surface area contributed by atoms with Gasteiger partial charge in [0.25, 0.3) is 5.91 Å². The first kappa shape index (κ1) is 16.9. The summed E-state index contributed by atoms with van der Waals surface area (Å²) in [4.78, 5) is 16.0. The largest absolute Gasteiger partial charge is 0.381 e. The highest BCUT2D eigenvalue weighted by Gasteiger charge is 2.24. The number of rotatable bonds is 3. The zero-order valence-corrected chi connectivity index (χ0v) is 14.5. The molecule has 1 aromatic carbocycles. The number of nitrogens with zero attached hydrogens (tertiary/aromatic N) is 3. The molecule has 1 amide bonds. The molecular formula is C18H16ClFN4O2.